The maximum absolute atomic E-state index is 12.4. The van der Waals surface area contributed by atoms with Crippen molar-refractivity contribution in [2.24, 2.45) is 0 Å². The maximum atomic E-state index is 12.4. The van der Waals surface area contributed by atoms with Gasteiger partial charge in [-0.2, -0.15) is 0 Å². The lowest BCUT2D eigenvalue weighted by Gasteiger charge is -2.06. The van der Waals surface area contributed by atoms with E-state index in [0.29, 0.717) is 16.2 Å². The zero-order valence-electron chi connectivity index (χ0n) is 17.7. The summed E-state index contributed by atoms with van der Waals surface area (Å²) in [7, 11) is 0. The van der Waals surface area contributed by atoms with Crippen molar-refractivity contribution in [3.05, 3.63) is 52.2 Å². The summed E-state index contributed by atoms with van der Waals surface area (Å²) in [6, 6.07) is 9.21. The number of Topliss-reactive ketones (excluding diaryl/α,β-unsaturated/α-hetero) is 1. The molecule has 0 aliphatic carbocycles. The molecule has 168 valence electrons. The number of thioether (sulfide) groups is 1. The van der Waals surface area contributed by atoms with E-state index in [1.807, 2.05) is 30.3 Å². The number of ether oxygens (including phenoxy) is 2. The van der Waals surface area contributed by atoms with E-state index >= 15 is 0 Å². The topological polar surface area (TPSA) is 121 Å². The Bertz CT molecular complexity index is 1110. The van der Waals surface area contributed by atoms with Gasteiger partial charge < -0.3 is 19.2 Å². The fourth-order valence-corrected chi connectivity index (χ4v) is 4.38. The van der Waals surface area contributed by atoms with Gasteiger partial charge in [0.2, 0.25) is 5.91 Å². The third kappa shape index (κ3) is 5.95. The van der Waals surface area contributed by atoms with Gasteiger partial charge in [-0.25, -0.2) is 4.79 Å². The molecule has 0 fully saturated rings. The lowest BCUT2D eigenvalue weighted by molar-refractivity contribution is -0.113. The van der Waals surface area contributed by atoms with E-state index in [9.17, 15) is 14.4 Å². The summed E-state index contributed by atoms with van der Waals surface area (Å²) >= 11 is 2.09. The number of carbonyl (C=O) groups excluding carboxylic acids is 3. The van der Waals surface area contributed by atoms with E-state index in [4.69, 9.17) is 13.9 Å². The lowest BCUT2D eigenvalue weighted by Crippen LogP contribution is -2.16. The highest BCUT2D eigenvalue weighted by molar-refractivity contribution is 7.99. The molecule has 3 aromatic rings. The minimum atomic E-state index is -0.586. The highest BCUT2D eigenvalue weighted by Crippen LogP contribution is 2.34. The van der Waals surface area contributed by atoms with Crippen LogP contribution in [0.15, 0.2) is 40.0 Å². The van der Waals surface area contributed by atoms with E-state index in [0.717, 1.165) is 23.1 Å². The van der Waals surface area contributed by atoms with Crippen LogP contribution in [-0.2, 0) is 16.1 Å². The first-order valence-electron chi connectivity index (χ1n) is 9.63. The van der Waals surface area contributed by atoms with Crippen molar-refractivity contribution in [2.75, 3.05) is 17.7 Å². The predicted octanol–water partition coefficient (Wildman–Crippen LogP) is 4.13. The molecule has 1 N–H and O–H groups in total. The zero-order chi connectivity index (χ0) is 23.1. The molecule has 0 aliphatic rings. The highest BCUT2D eigenvalue weighted by atomic mass is 32.2. The quantitative estimate of drug-likeness (QED) is 0.262. The van der Waals surface area contributed by atoms with E-state index in [-0.39, 0.29) is 46.4 Å². The van der Waals surface area contributed by atoms with Gasteiger partial charge in [-0.1, -0.05) is 30.0 Å². The number of hydrogen-bond donors (Lipinski definition) is 1. The molecule has 0 unspecified atom stereocenters. The van der Waals surface area contributed by atoms with Crippen LogP contribution in [0.2, 0.25) is 0 Å². The van der Waals surface area contributed by atoms with Gasteiger partial charge in [0.25, 0.3) is 11.1 Å². The molecule has 2 heterocycles. The summed E-state index contributed by atoms with van der Waals surface area (Å²) in [6.45, 7) is 5.03. The molecule has 32 heavy (non-hydrogen) atoms. The molecule has 1 amide bonds. The summed E-state index contributed by atoms with van der Waals surface area (Å²) < 4.78 is 16.1. The number of thiophene rings is 1. The third-order valence-corrected chi connectivity index (χ3v) is 6.21. The zero-order valence-corrected chi connectivity index (χ0v) is 19.3. The number of aromatic nitrogens is 2. The first-order chi connectivity index (χ1) is 15.4. The second-order valence-electron chi connectivity index (χ2n) is 6.44. The Morgan fingerprint density at radius 3 is 2.62 bits per heavy atom. The fraction of sp³-hybridized carbons (Fsp3) is 0.286. The number of hydrogen-bond acceptors (Lipinski definition) is 10. The van der Waals surface area contributed by atoms with Gasteiger partial charge in [-0.05, 0) is 38.5 Å². The Morgan fingerprint density at radius 2 is 1.94 bits per heavy atom. The largest absolute Gasteiger partial charge is 0.484 e. The van der Waals surface area contributed by atoms with Gasteiger partial charge in [0.15, 0.2) is 12.4 Å². The normalized spacial score (nSPS) is 10.6. The van der Waals surface area contributed by atoms with Crippen LogP contribution in [0.25, 0.3) is 0 Å². The van der Waals surface area contributed by atoms with Crippen LogP contribution >= 0.6 is 23.1 Å². The summed E-state index contributed by atoms with van der Waals surface area (Å²) in [4.78, 5) is 37.0. The van der Waals surface area contributed by atoms with Crippen molar-refractivity contribution in [1.29, 1.82) is 0 Å². The Balaban J connectivity index is 1.59. The van der Waals surface area contributed by atoms with Gasteiger partial charge in [-0.15, -0.1) is 21.5 Å². The van der Waals surface area contributed by atoms with Gasteiger partial charge in [0, 0.05) is 0 Å². The first kappa shape index (κ1) is 23.5. The minimum absolute atomic E-state index is 0.0320. The molecule has 0 saturated heterocycles. The Labute approximate surface area is 192 Å². The monoisotopic (exact) mass is 475 g/mol. The van der Waals surface area contributed by atoms with Crippen molar-refractivity contribution in [2.45, 2.75) is 32.6 Å². The van der Waals surface area contributed by atoms with Crippen molar-refractivity contribution in [3.63, 3.8) is 0 Å². The van der Waals surface area contributed by atoms with Crippen LogP contribution in [0.3, 0.4) is 0 Å². The third-order valence-electron chi connectivity index (χ3n) is 4.08. The maximum Gasteiger partial charge on any atom is 0.341 e. The van der Waals surface area contributed by atoms with Crippen LogP contribution in [0.1, 0.15) is 45.3 Å². The number of para-hydroxylation sites is 1. The summed E-state index contributed by atoms with van der Waals surface area (Å²) in [6.07, 6.45) is 0. The van der Waals surface area contributed by atoms with Crippen molar-refractivity contribution >= 4 is 45.8 Å². The molecule has 0 spiro atoms. The molecule has 1 aromatic carbocycles. The van der Waals surface area contributed by atoms with Crippen molar-refractivity contribution in [1.82, 2.24) is 10.2 Å². The molecule has 0 atom stereocenters. The standard InChI is InChI=1S/C21H21N3O6S2/c1-4-28-20(27)17-12(2)18(13(3)25)32-19(17)22-15(26)11-31-21-24-23-16(30-21)10-29-14-8-6-5-7-9-14/h5-9H,4,10-11H2,1-3H3,(H,22,26). The van der Waals surface area contributed by atoms with E-state index < -0.39 is 11.9 Å². The second kappa shape index (κ2) is 10.9. The molecule has 11 heteroatoms. The molecule has 0 aliphatic heterocycles. The van der Waals surface area contributed by atoms with Gasteiger partial charge in [0.05, 0.1) is 22.8 Å². The Hall–Kier alpha value is -3.18. The first-order valence-corrected chi connectivity index (χ1v) is 11.4. The van der Waals surface area contributed by atoms with Crippen molar-refractivity contribution in [3.8, 4) is 5.75 Å². The average Bonchev–Trinajstić information content (AvgIpc) is 3.36. The van der Waals surface area contributed by atoms with Crippen LogP contribution in [0, 0.1) is 6.92 Å². The number of amides is 1. The van der Waals surface area contributed by atoms with Gasteiger partial charge in [0.1, 0.15) is 10.8 Å². The number of esters is 1. The van der Waals surface area contributed by atoms with Crippen LogP contribution in [0.4, 0.5) is 5.00 Å². The fourth-order valence-electron chi connectivity index (χ4n) is 2.69. The van der Waals surface area contributed by atoms with Gasteiger partial charge >= 0.3 is 5.97 Å². The number of anilines is 1. The Morgan fingerprint density at radius 1 is 1.19 bits per heavy atom. The van der Waals surface area contributed by atoms with Gasteiger partial charge in [-0.3, -0.25) is 9.59 Å². The summed E-state index contributed by atoms with van der Waals surface area (Å²) in [5.41, 5.74) is 0.683. The number of nitrogens with one attached hydrogen (secondary N) is 1. The molecular formula is C21H21N3O6S2. The number of benzene rings is 1. The van der Waals surface area contributed by atoms with Crippen LogP contribution < -0.4 is 10.1 Å². The molecule has 0 radical (unpaired) electrons. The number of carbonyl (C=O) groups is 3. The second-order valence-corrected chi connectivity index (χ2v) is 8.38. The molecule has 0 saturated carbocycles. The predicted molar refractivity (Wildman–Crippen MR) is 119 cm³/mol. The van der Waals surface area contributed by atoms with Crippen LogP contribution in [-0.4, -0.2) is 40.2 Å². The van der Waals surface area contributed by atoms with E-state index in [1.165, 1.54) is 6.92 Å². The lowest BCUT2D eigenvalue weighted by atomic mass is 10.1. The number of rotatable bonds is 10. The van der Waals surface area contributed by atoms with Crippen LogP contribution in [0.5, 0.6) is 5.75 Å². The Kier molecular flexibility index (Phi) is 8.01. The molecule has 9 nitrogen and oxygen atoms in total. The average molecular weight is 476 g/mol. The number of ketones is 1. The van der Waals surface area contributed by atoms with E-state index in [2.05, 4.69) is 15.5 Å². The van der Waals surface area contributed by atoms with E-state index in [1.54, 1.807) is 13.8 Å². The smallest absolute Gasteiger partial charge is 0.341 e. The van der Waals surface area contributed by atoms with Crippen molar-refractivity contribution < 1.29 is 28.3 Å². The number of nitrogens with zero attached hydrogens (tertiary/aromatic N) is 2. The minimum Gasteiger partial charge on any atom is -0.484 e. The molecule has 2 aromatic heterocycles. The highest BCUT2D eigenvalue weighted by Gasteiger charge is 2.25. The SMILES string of the molecule is CCOC(=O)c1c(NC(=O)CSc2nnc(COc3ccccc3)o2)sc(C(C)=O)c1C. The summed E-state index contributed by atoms with van der Waals surface area (Å²) in [5.74, 6) is -0.248. The molecular weight excluding hydrogens is 454 g/mol. The molecule has 0 bridgehead atoms. The summed E-state index contributed by atoms with van der Waals surface area (Å²) in [5, 5.41) is 11.0. The molecule has 3 rings (SSSR count).